The number of para-hydroxylation sites is 1. The summed E-state index contributed by atoms with van der Waals surface area (Å²) in [5.41, 5.74) is -5.36. The van der Waals surface area contributed by atoms with E-state index < -0.39 is 20.2 Å². The van der Waals surface area contributed by atoms with Gasteiger partial charge < -0.3 is 10.1 Å². The maximum absolute atomic E-state index is 12.6. The van der Waals surface area contributed by atoms with Crippen LogP contribution in [0.25, 0.3) is 0 Å². The molecule has 0 saturated heterocycles. The quantitative estimate of drug-likeness (QED) is 0.746. The first-order valence-corrected chi connectivity index (χ1v) is 8.01. The molecule has 0 radical (unpaired) electrons. The molecule has 0 aliphatic rings. The molecule has 0 atom stereocenters. The van der Waals surface area contributed by atoms with E-state index in [1.165, 1.54) is 18.2 Å². The van der Waals surface area contributed by atoms with Gasteiger partial charge in [-0.05, 0) is 25.0 Å². The van der Waals surface area contributed by atoms with E-state index in [-0.39, 0.29) is 5.69 Å². The maximum Gasteiger partial charge on any atom is 0.501 e. The predicted octanol–water partition coefficient (Wildman–Crippen LogP) is 3.21. The largest absolute Gasteiger partial charge is 0.501 e. The van der Waals surface area contributed by atoms with Gasteiger partial charge in [0.25, 0.3) is 9.84 Å². The van der Waals surface area contributed by atoms with Gasteiger partial charge in [-0.3, -0.25) is 0 Å². The molecule has 1 aromatic rings. The van der Waals surface area contributed by atoms with Gasteiger partial charge in [-0.2, -0.15) is 13.2 Å². The van der Waals surface area contributed by atoms with Gasteiger partial charge in [0.1, 0.15) is 0 Å². The van der Waals surface area contributed by atoms with Gasteiger partial charge in [-0.15, -0.1) is 0 Å². The van der Waals surface area contributed by atoms with E-state index in [9.17, 15) is 21.6 Å². The molecule has 0 aromatic heterocycles. The first kappa shape index (κ1) is 17.8. The van der Waals surface area contributed by atoms with Crippen LogP contribution in [0, 0.1) is 0 Å². The second-order valence-corrected chi connectivity index (χ2v) is 6.25. The summed E-state index contributed by atoms with van der Waals surface area (Å²) in [6, 6.07) is 4.99. The molecular weight excluding hydrogens is 307 g/mol. The Balaban J connectivity index is 2.73. The number of sulfone groups is 1. The Bertz CT molecular complexity index is 544. The average Bonchev–Trinajstić information content (AvgIpc) is 2.42. The van der Waals surface area contributed by atoms with Gasteiger partial charge in [0.15, 0.2) is 0 Å². The lowest BCUT2D eigenvalue weighted by Gasteiger charge is -2.14. The van der Waals surface area contributed by atoms with Crippen molar-refractivity contribution in [3.63, 3.8) is 0 Å². The van der Waals surface area contributed by atoms with Crippen molar-refractivity contribution in [2.75, 3.05) is 25.1 Å². The summed E-state index contributed by atoms with van der Waals surface area (Å²) >= 11 is 0. The van der Waals surface area contributed by atoms with Gasteiger partial charge >= 0.3 is 5.51 Å². The van der Waals surface area contributed by atoms with Gasteiger partial charge in [0.2, 0.25) is 0 Å². The zero-order chi connectivity index (χ0) is 15.9. The number of rotatable bonds is 8. The summed E-state index contributed by atoms with van der Waals surface area (Å²) in [6.07, 6.45) is 1.46. The van der Waals surface area contributed by atoms with Crippen LogP contribution in [-0.4, -0.2) is 33.7 Å². The van der Waals surface area contributed by atoms with Crippen LogP contribution in [0.1, 0.15) is 19.8 Å². The Morgan fingerprint density at radius 2 is 1.86 bits per heavy atom. The van der Waals surface area contributed by atoms with Gasteiger partial charge in [-0.1, -0.05) is 19.1 Å². The molecule has 0 amide bonds. The summed E-state index contributed by atoms with van der Waals surface area (Å²) in [5, 5.41) is 2.71. The molecule has 1 rings (SSSR count). The number of alkyl halides is 3. The minimum atomic E-state index is -5.35. The molecule has 0 bridgehead atoms. The van der Waals surface area contributed by atoms with E-state index in [1.807, 2.05) is 6.92 Å². The maximum atomic E-state index is 12.6. The fourth-order valence-corrected chi connectivity index (χ4v) is 2.55. The first-order chi connectivity index (χ1) is 9.80. The van der Waals surface area contributed by atoms with Crippen molar-refractivity contribution in [3.8, 4) is 0 Å². The molecule has 0 heterocycles. The highest BCUT2D eigenvalue weighted by Crippen LogP contribution is 2.34. The van der Waals surface area contributed by atoms with E-state index >= 15 is 0 Å². The summed E-state index contributed by atoms with van der Waals surface area (Å²) in [4.78, 5) is -0.757. The summed E-state index contributed by atoms with van der Waals surface area (Å²) in [5.74, 6) is 0. The molecule has 8 heteroatoms. The van der Waals surface area contributed by atoms with Crippen LogP contribution in [0.15, 0.2) is 29.2 Å². The van der Waals surface area contributed by atoms with E-state index in [4.69, 9.17) is 4.74 Å². The Kier molecular flexibility index (Phi) is 6.47. The average molecular weight is 325 g/mol. The molecule has 0 spiro atoms. The molecule has 0 fully saturated rings. The first-order valence-electron chi connectivity index (χ1n) is 6.52. The second-order valence-electron chi connectivity index (χ2n) is 4.34. The van der Waals surface area contributed by atoms with E-state index in [0.717, 1.165) is 12.5 Å². The lowest BCUT2D eigenvalue weighted by Crippen LogP contribution is -2.24. The van der Waals surface area contributed by atoms with Crippen molar-refractivity contribution in [1.29, 1.82) is 0 Å². The summed E-state index contributed by atoms with van der Waals surface area (Å²) < 4.78 is 65.9. The summed E-state index contributed by atoms with van der Waals surface area (Å²) in [7, 11) is -5.35. The minimum absolute atomic E-state index is 0.0506. The fraction of sp³-hybridized carbons (Fsp3) is 0.538. The highest BCUT2D eigenvalue weighted by molar-refractivity contribution is 7.92. The van der Waals surface area contributed by atoms with Crippen molar-refractivity contribution >= 4 is 15.5 Å². The van der Waals surface area contributed by atoms with E-state index in [2.05, 4.69) is 5.32 Å². The molecule has 0 aliphatic heterocycles. The van der Waals surface area contributed by atoms with Crippen LogP contribution in [-0.2, 0) is 14.6 Å². The Hall–Kier alpha value is -1.28. The number of ether oxygens (including phenoxy) is 1. The van der Waals surface area contributed by atoms with Crippen LogP contribution in [0.5, 0.6) is 0 Å². The number of hydrogen-bond acceptors (Lipinski definition) is 4. The Morgan fingerprint density at radius 1 is 1.19 bits per heavy atom. The molecule has 0 aliphatic carbocycles. The van der Waals surface area contributed by atoms with E-state index in [0.29, 0.717) is 26.2 Å². The van der Waals surface area contributed by atoms with Crippen molar-refractivity contribution in [1.82, 2.24) is 0 Å². The SMILES string of the molecule is CCCOCCCNc1ccccc1S(=O)(=O)C(F)(F)F. The lowest BCUT2D eigenvalue weighted by molar-refractivity contribution is -0.0435. The molecule has 4 nitrogen and oxygen atoms in total. The van der Waals surface area contributed by atoms with Crippen LogP contribution >= 0.6 is 0 Å². The van der Waals surface area contributed by atoms with Crippen molar-refractivity contribution in [2.45, 2.75) is 30.2 Å². The lowest BCUT2D eigenvalue weighted by atomic mass is 10.3. The third kappa shape index (κ3) is 4.89. The van der Waals surface area contributed by atoms with Crippen LogP contribution in [0.4, 0.5) is 18.9 Å². The van der Waals surface area contributed by atoms with E-state index in [1.54, 1.807) is 0 Å². The number of benzene rings is 1. The Labute approximate surface area is 122 Å². The molecule has 0 unspecified atom stereocenters. The molecule has 21 heavy (non-hydrogen) atoms. The fourth-order valence-electron chi connectivity index (χ4n) is 1.62. The van der Waals surface area contributed by atoms with Crippen molar-refractivity contribution < 1.29 is 26.3 Å². The number of nitrogens with one attached hydrogen (secondary N) is 1. The van der Waals surface area contributed by atoms with Crippen molar-refractivity contribution in [2.24, 2.45) is 0 Å². The number of hydrogen-bond donors (Lipinski definition) is 1. The van der Waals surface area contributed by atoms with Crippen molar-refractivity contribution in [3.05, 3.63) is 24.3 Å². The predicted molar refractivity (Wildman–Crippen MR) is 73.9 cm³/mol. The zero-order valence-corrected chi connectivity index (χ0v) is 12.4. The number of halogens is 3. The minimum Gasteiger partial charge on any atom is -0.384 e. The number of anilines is 1. The monoisotopic (exact) mass is 325 g/mol. The topological polar surface area (TPSA) is 55.4 Å². The molecular formula is C13H18F3NO3S. The summed E-state index contributed by atoms with van der Waals surface area (Å²) in [6.45, 7) is 3.39. The zero-order valence-electron chi connectivity index (χ0n) is 11.6. The molecule has 0 saturated carbocycles. The smallest absolute Gasteiger partial charge is 0.384 e. The third-order valence-corrected chi connectivity index (χ3v) is 4.16. The Morgan fingerprint density at radius 3 is 2.48 bits per heavy atom. The highest BCUT2D eigenvalue weighted by Gasteiger charge is 2.47. The van der Waals surface area contributed by atoms with Gasteiger partial charge in [0, 0.05) is 19.8 Å². The standard InChI is InChI=1S/C13H18F3NO3S/c1-2-9-20-10-5-8-17-11-6-3-4-7-12(11)21(18,19)13(14,15)16/h3-4,6-7,17H,2,5,8-10H2,1H3. The van der Waals surface area contributed by atoms with Gasteiger partial charge in [-0.25, -0.2) is 8.42 Å². The van der Waals surface area contributed by atoms with Crippen LogP contribution in [0.2, 0.25) is 0 Å². The second kappa shape index (κ2) is 7.65. The molecule has 1 N–H and O–H groups in total. The van der Waals surface area contributed by atoms with Crippen LogP contribution < -0.4 is 5.32 Å². The third-order valence-electron chi connectivity index (χ3n) is 2.61. The normalized spacial score (nSPS) is 12.4. The van der Waals surface area contributed by atoms with Gasteiger partial charge in [0.05, 0.1) is 10.6 Å². The molecule has 120 valence electrons. The van der Waals surface area contributed by atoms with Crippen LogP contribution in [0.3, 0.4) is 0 Å². The highest BCUT2D eigenvalue weighted by atomic mass is 32.2. The molecule has 1 aromatic carbocycles.